The van der Waals surface area contributed by atoms with Crippen LogP contribution in [0.25, 0.3) is 6.08 Å². The van der Waals surface area contributed by atoms with Gasteiger partial charge in [0.05, 0.1) is 0 Å². The van der Waals surface area contributed by atoms with Gasteiger partial charge in [-0.15, -0.1) is 0 Å². The second-order valence-electron chi connectivity index (χ2n) is 4.52. The Bertz CT molecular complexity index is 831. The van der Waals surface area contributed by atoms with E-state index in [-0.39, 0.29) is 17.2 Å². The maximum absolute atomic E-state index is 13.2. The van der Waals surface area contributed by atoms with Crippen molar-refractivity contribution in [3.63, 3.8) is 0 Å². The van der Waals surface area contributed by atoms with Gasteiger partial charge in [-0.3, -0.25) is 0 Å². The Kier molecular flexibility index (Phi) is 3.85. The fourth-order valence-corrected chi connectivity index (χ4v) is 2.33. The quantitative estimate of drug-likeness (QED) is 0.595. The predicted molar refractivity (Wildman–Crippen MR) is 81.1 cm³/mol. The number of carbonyl (C=O) groups excluding carboxylic acids is 1. The summed E-state index contributed by atoms with van der Waals surface area (Å²) in [6, 6.07) is 10.5. The summed E-state index contributed by atoms with van der Waals surface area (Å²) >= 11 is 3.33. The predicted octanol–water partition coefficient (Wildman–Crippen LogP) is 4.07. The molecule has 0 atom stereocenters. The molecule has 3 rings (SSSR count). The minimum atomic E-state index is -1.03. The van der Waals surface area contributed by atoms with Crippen LogP contribution in [0.3, 0.4) is 0 Å². The van der Waals surface area contributed by atoms with Gasteiger partial charge in [0.25, 0.3) is 0 Å². The van der Waals surface area contributed by atoms with Gasteiger partial charge in [-0.1, -0.05) is 28.1 Å². The molecule has 0 radical (unpaired) electrons. The summed E-state index contributed by atoms with van der Waals surface area (Å²) in [6.07, 6.45) is 1.56. The molecule has 0 saturated carbocycles. The normalized spacial score (nSPS) is 15.9. The molecule has 2 aromatic rings. The summed E-state index contributed by atoms with van der Waals surface area (Å²) in [5.74, 6) is -2.69. The number of cyclic esters (lactones) is 1. The molecule has 3 nitrogen and oxygen atoms in total. The highest BCUT2D eigenvalue weighted by atomic mass is 79.9. The third kappa shape index (κ3) is 2.96. The van der Waals surface area contributed by atoms with E-state index < -0.39 is 17.6 Å². The van der Waals surface area contributed by atoms with Gasteiger partial charge in [-0.2, -0.15) is 0 Å². The van der Waals surface area contributed by atoms with Crippen LogP contribution in [-0.2, 0) is 9.53 Å². The van der Waals surface area contributed by atoms with E-state index in [9.17, 15) is 13.6 Å². The highest BCUT2D eigenvalue weighted by Crippen LogP contribution is 2.21. The van der Waals surface area contributed by atoms with Crippen molar-refractivity contribution in [1.82, 2.24) is 0 Å². The molecule has 22 heavy (non-hydrogen) atoms. The molecule has 1 aliphatic heterocycles. The van der Waals surface area contributed by atoms with E-state index in [0.717, 1.165) is 22.2 Å². The molecule has 0 N–H and O–H groups in total. The fraction of sp³-hybridized carbons (Fsp3) is 0. The van der Waals surface area contributed by atoms with Crippen molar-refractivity contribution in [3.8, 4) is 0 Å². The van der Waals surface area contributed by atoms with Crippen LogP contribution in [-0.4, -0.2) is 11.9 Å². The zero-order valence-corrected chi connectivity index (χ0v) is 12.6. The Balaban J connectivity index is 1.96. The molecule has 1 heterocycles. The minimum Gasteiger partial charge on any atom is -0.402 e. The van der Waals surface area contributed by atoms with Crippen LogP contribution < -0.4 is 0 Å². The number of rotatable bonds is 2. The highest BCUT2D eigenvalue weighted by Gasteiger charge is 2.24. The molecule has 0 spiro atoms. The first-order valence-electron chi connectivity index (χ1n) is 6.26. The lowest BCUT2D eigenvalue weighted by molar-refractivity contribution is -0.129. The summed E-state index contributed by atoms with van der Waals surface area (Å²) in [6.45, 7) is 0. The van der Waals surface area contributed by atoms with Gasteiger partial charge >= 0.3 is 5.97 Å². The zero-order valence-electron chi connectivity index (χ0n) is 11.0. The lowest BCUT2D eigenvalue weighted by Gasteiger charge is -1.99. The Labute approximate surface area is 133 Å². The number of nitrogens with zero attached hydrogens (tertiary/aromatic N) is 1. The van der Waals surface area contributed by atoms with E-state index in [1.165, 1.54) is 6.07 Å². The number of hydrogen-bond acceptors (Lipinski definition) is 3. The number of esters is 1. The van der Waals surface area contributed by atoms with E-state index in [4.69, 9.17) is 4.74 Å². The Morgan fingerprint density at radius 2 is 1.91 bits per heavy atom. The molecule has 0 aliphatic carbocycles. The molecule has 2 aromatic carbocycles. The van der Waals surface area contributed by atoms with E-state index in [0.29, 0.717) is 0 Å². The third-order valence-electron chi connectivity index (χ3n) is 2.94. The third-order valence-corrected chi connectivity index (χ3v) is 3.43. The smallest absolute Gasteiger partial charge is 0.363 e. The zero-order chi connectivity index (χ0) is 15.7. The SMILES string of the molecule is O=C1OC(c2ccc(F)c(F)c2)=N/C1=C/c1cccc(Br)c1. The molecular formula is C16H8BrF2NO2. The first kappa shape index (κ1) is 14.6. The van der Waals surface area contributed by atoms with Crippen LogP contribution in [0.4, 0.5) is 8.78 Å². The number of carbonyl (C=O) groups is 1. The molecular weight excluding hydrogens is 356 g/mol. The van der Waals surface area contributed by atoms with Crippen molar-refractivity contribution in [2.75, 3.05) is 0 Å². The molecule has 0 fully saturated rings. The monoisotopic (exact) mass is 363 g/mol. The van der Waals surface area contributed by atoms with Gasteiger partial charge in [0.1, 0.15) is 0 Å². The van der Waals surface area contributed by atoms with Crippen molar-refractivity contribution in [1.29, 1.82) is 0 Å². The first-order valence-corrected chi connectivity index (χ1v) is 7.06. The topological polar surface area (TPSA) is 38.7 Å². The second-order valence-corrected chi connectivity index (χ2v) is 5.44. The number of halogens is 3. The van der Waals surface area contributed by atoms with Crippen LogP contribution >= 0.6 is 15.9 Å². The molecule has 1 aliphatic rings. The summed E-state index contributed by atoms with van der Waals surface area (Å²) in [5, 5.41) is 0. The van der Waals surface area contributed by atoms with Crippen molar-refractivity contribution in [3.05, 3.63) is 75.4 Å². The van der Waals surface area contributed by atoms with Crippen LogP contribution in [0.1, 0.15) is 11.1 Å². The number of ether oxygens (including phenoxy) is 1. The van der Waals surface area contributed by atoms with Crippen LogP contribution in [0.15, 0.2) is 57.6 Å². The van der Waals surface area contributed by atoms with Gasteiger partial charge in [0, 0.05) is 10.0 Å². The molecule has 0 unspecified atom stereocenters. The first-order chi connectivity index (χ1) is 10.5. The van der Waals surface area contributed by atoms with Gasteiger partial charge in [0.15, 0.2) is 17.3 Å². The fourth-order valence-electron chi connectivity index (χ4n) is 1.92. The van der Waals surface area contributed by atoms with E-state index >= 15 is 0 Å². The lowest BCUT2D eigenvalue weighted by Crippen LogP contribution is -2.06. The van der Waals surface area contributed by atoms with Crippen molar-refractivity contribution in [2.24, 2.45) is 4.99 Å². The Hall–Kier alpha value is -2.34. The number of hydrogen-bond donors (Lipinski definition) is 0. The van der Waals surface area contributed by atoms with Crippen molar-refractivity contribution >= 4 is 33.9 Å². The second kappa shape index (κ2) is 5.81. The maximum atomic E-state index is 13.2. The highest BCUT2D eigenvalue weighted by molar-refractivity contribution is 9.10. The van der Waals surface area contributed by atoms with E-state index in [1.807, 2.05) is 18.2 Å². The van der Waals surface area contributed by atoms with E-state index in [1.54, 1.807) is 12.1 Å². The van der Waals surface area contributed by atoms with Crippen molar-refractivity contribution < 1.29 is 18.3 Å². The standard InChI is InChI=1S/C16H8BrF2NO2/c17-11-3-1-2-9(6-11)7-14-16(21)22-15(20-14)10-4-5-12(18)13(19)8-10/h1-8H/b14-7+. The molecule has 0 aromatic heterocycles. The Morgan fingerprint density at radius 3 is 2.64 bits per heavy atom. The molecule has 6 heteroatoms. The van der Waals surface area contributed by atoms with Crippen LogP contribution in [0.5, 0.6) is 0 Å². The summed E-state index contributed by atoms with van der Waals surface area (Å²) in [5.41, 5.74) is 1.05. The van der Waals surface area contributed by atoms with Crippen LogP contribution in [0.2, 0.25) is 0 Å². The van der Waals surface area contributed by atoms with Crippen molar-refractivity contribution in [2.45, 2.75) is 0 Å². The maximum Gasteiger partial charge on any atom is 0.363 e. The summed E-state index contributed by atoms with van der Waals surface area (Å²) in [7, 11) is 0. The molecule has 110 valence electrons. The molecule has 0 bridgehead atoms. The van der Waals surface area contributed by atoms with Gasteiger partial charge in [-0.05, 0) is 42.0 Å². The van der Waals surface area contributed by atoms with Crippen LogP contribution in [0, 0.1) is 11.6 Å². The van der Waals surface area contributed by atoms with E-state index in [2.05, 4.69) is 20.9 Å². The van der Waals surface area contributed by atoms with Gasteiger partial charge in [-0.25, -0.2) is 18.6 Å². The van der Waals surface area contributed by atoms with Gasteiger partial charge < -0.3 is 4.74 Å². The largest absolute Gasteiger partial charge is 0.402 e. The summed E-state index contributed by atoms with van der Waals surface area (Å²) in [4.78, 5) is 15.9. The van der Waals surface area contributed by atoms with Gasteiger partial charge in [0.2, 0.25) is 5.90 Å². The lowest BCUT2D eigenvalue weighted by atomic mass is 10.2. The number of benzene rings is 2. The minimum absolute atomic E-state index is 0.0508. The molecule has 0 saturated heterocycles. The summed E-state index contributed by atoms with van der Waals surface area (Å²) < 4.78 is 32.0. The number of aliphatic imine (C=N–C) groups is 1. The average molecular weight is 364 g/mol. The average Bonchev–Trinajstić information content (AvgIpc) is 2.83. The Morgan fingerprint density at radius 1 is 1.09 bits per heavy atom. The molecule has 0 amide bonds.